The van der Waals surface area contributed by atoms with E-state index in [1.165, 1.54) is 18.3 Å². The summed E-state index contributed by atoms with van der Waals surface area (Å²) in [6.07, 6.45) is -3.15. The molecular formula is C16H22F3N3O2. The van der Waals surface area contributed by atoms with Crippen LogP contribution in [0.4, 0.5) is 13.2 Å². The van der Waals surface area contributed by atoms with E-state index < -0.39 is 12.8 Å². The Labute approximate surface area is 139 Å². The first kappa shape index (κ1) is 18.5. The summed E-state index contributed by atoms with van der Waals surface area (Å²) < 4.78 is 40.8. The van der Waals surface area contributed by atoms with Gasteiger partial charge in [-0.25, -0.2) is 4.98 Å². The molecule has 0 radical (unpaired) electrons. The minimum absolute atomic E-state index is 0.148. The number of alkyl halides is 3. The van der Waals surface area contributed by atoms with E-state index in [1.807, 2.05) is 0 Å². The summed E-state index contributed by atoms with van der Waals surface area (Å²) in [5, 5.41) is 0. The highest BCUT2D eigenvalue weighted by molar-refractivity contribution is 5.94. The van der Waals surface area contributed by atoms with Crippen molar-refractivity contribution in [2.75, 3.05) is 39.3 Å². The van der Waals surface area contributed by atoms with Gasteiger partial charge in [0.15, 0.2) is 6.61 Å². The molecule has 5 nitrogen and oxygen atoms in total. The molecule has 0 bridgehead atoms. The SMILES string of the molecule is CC(C)CN1CCN(C(=O)c2ccc(OCC(F)(F)F)nc2)CC1. The molecule has 1 fully saturated rings. The van der Waals surface area contributed by atoms with Gasteiger partial charge < -0.3 is 9.64 Å². The van der Waals surface area contributed by atoms with E-state index in [0.29, 0.717) is 24.6 Å². The van der Waals surface area contributed by atoms with Crippen LogP contribution in [0.2, 0.25) is 0 Å². The van der Waals surface area contributed by atoms with Gasteiger partial charge in [-0.1, -0.05) is 13.8 Å². The molecule has 0 spiro atoms. The highest BCUT2D eigenvalue weighted by Crippen LogP contribution is 2.17. The van der Waals surface area contributed by atoms with Crippen molar-refractivity contribution in [3.63, 3.8) is 0 Å². The van der Waals surface area contributed by atoms with Gasteiger partial charge >= 0.3 is 6.18 Å². The predicted molar refractivity (Wildman–Crippen MR) is 83.0 cm³/mol. The summed E-state index contributed by atoms with van der Waals surface area (Å²) in [6, 6.07) is 2.73. The summed E-state index contributed by atoms with van der Waals surface area (Å²) in [6.45, 7) is 6.85. The Kier molecular flexibility index (Phi) is 6.04. The first-order chi connectivity index (χ1) is 11.2. The average Bonchev–Trinajstić information content (AvgIpc) is 2.52. The summed E-state index contributed by atoms with van der Waals surface area (Å²) in [5.41, 5.74) is 0.353. The Morgan fingerprint density at radius 1 is 1.25 bits per heavy atom. The van der Waals surface area contributed by atoms with Crippen LogP contribution >= 0.6 is 0 Å². The van der Waals surface area contributed by atoms with Crippen LogP contribution in [0.5, 0.6) is 5.88 Å². The van der Waals surface area contributed by atoms with Gasteiger partial charge in [0.2, 0.25) is 5.88 Å². The number of aromatic nitrogens is 1. The Bertz CT molecular complexity index is 538. The van der Waals surface area contributed by atoms with Crippen LogP contribution in [0, 0.1) is 5.92 Å². The molecule has 2 rings (SSSR count). The standard InChI is InChI=1S/C16H22F3N3O2/c1-12(2)10-21-5-7-22(8-6-21)15(23)13-3-4-14(20-9-13)24-11-16(17,18)19/h3-4,9,12H,5-8,10-11H2,1-2H3. The fourth-order valence-electron chi connectivity index (χ4n) is 2.58. The van der Waals surface area contributed by atoms with Gasteiger partial charge in [-0.15, -0.1) is 0 Å². The highest BCUT2D eigenvalue weighted by atomic mass is 19.4. The molecule has 1 aromatic rings. The van der Waals surface area contributed by atoms with E-state index in [1.54, 1.807) is 4.90 Å². The van der Waals surface area contributed by atoms with Gasteiger partial charge in [-0.2, -0.15) is 13.2 Å². The smallest absolute Gasteiger partial charge is 0.422 e. The Balaban J connectivity index is 1.87. The zero-order valence-electron chi connectivity index (χ0n) is 13.8. The maximum Gasteiger partial charge on any atom is 0.422 e. The lowest BCUT2D eigenvalue weighted by Gasteiger charge is -2.35. The Hall–Kier alpha value is -1.83. The molecule has 1 saturated heterocycles. The van der Waals surface area contributed by atoms with Gasteiger partial charge in [0.1, 0.15) is 0 Å². The number of nitrogens with zero attached hydrogens (tertiary/aromatic N) is 3. The van der Waals surface area contributed by atoms with Crippen molar-refractivity contribution in [1.29, 1.82) is 0 Å². The van der Waals surface area contributed by atoms with Crippen LogP contribution in [-0.2, 0) is 0 Å². The van der Waals surface area contributed by atoms with E-state index in [0.717, 1.165) is 19.6 Å². The van der Waals surface area contributed by atoms with Gasteiger partial charge in [0, 0.05) is 45.0 Å². The molecule has 0 N–H and O–H groups in total. The fourth-order valence-corrected chi connectivity index (χ4v) is 2.58. The lowest BCUT2D eigenvalue weighted by molar-refractivity contribution is -0.154. The molecule has 0 aliphatic carbocycles. The van der Waals surface area contributed by atoms with Crippen LogP contribution < -0.4 is 4.74 Å². The number of rotatable bonds is 5. The number of carbonyl (C=O) groups is 1. The molecule has 2 heterocycles. The van der Waals surface area contributed by atoms with Crippen LogP contribution in [0.15, 0.2) is 18.3 Å². The maximum absolute atomic E-state index is 12.4. The number of carbonyl (C=O) groups excluding carboxylic acids is 1. The van der Waals surface area contributed by atoms with Crippen molar-refractivity contribution < 1.29 is 22.7 Å². The van der Waals surface area contributed by atoms with Crippen molar-refractivity contribution in [2.45, 2.75) is 20.0 Å². The van der Waals surface area contributed by atoms with Crippen LogP contribution in [0.1, 0.15) is 24.2 Å². The largest absolute Gasteiger partial charge is 0.468 e. The number of amides is 1. The first-order valence-corrected chi connectivity index (χ1v) is 7.92. The van der Waals surface area contributed by atoms with Crippen molar-refractivity contribution in [1.82, 2.24) is 14.8 Å². The number of halogens is 3. The average molecular weight is 345 g/mol. The molecule has 0 atom stereocenters. The third kappa shape index (κ3) is 5.67. The molecule has 0 aromatic carbocycles. The molecule has 8 heteroatoms. The quantitative estimate of drug-likeness (QED) is 0.822. The second-order valence-corrected chi connectivity index (χ2v) is 6.28. The molecule has 1 aliphatic rings. The summed E-state index contributed by atoms with van der Waals surface area (Å²) in [4.78, 5) is 20.2. The van der Waals surface area contributed by atoms with Gasteiger partial charge in [-0.05, 0) is 12.0 Å². The molecule has 0 saturated carbocycles. The van der Waals surface area contributed by atoms with Crippen LogP contribution in [0.25, 0.3) is 0 Å². The zero-order chi connectivity index (χ0) is 17.7. The molecule has 24 heavy (non-hydrogen) atoms. The Morgan fingerprint density at radius 2 is 1.92 bits per heavy atom. The second kappa shape index (κ2) is 7.83. The number of piperazine rings is 1. The predicted octanol–water partition coefficient (Wildman–Crippen LogP) is 2.44. The van der Waals surface area contributed by atoms with Gasteiger partial charge in [0.05, 0.1) is 5.56 Å². The van der Waals surface area contributed by atoms with Crippen molar-refractivity contribution >= 4 is 5.91 Å². The van der Waals surface area contributed by atoms with E-state index in [9.17, 15) is 18.0 Å². The van der Waals surface area contributed by atoms with E-state index in [-0.39, 0.29) is 11.8 Å². The van der Waals surface area contributed by atoms with Crippen molar-refractivity contribution in [3.05, 3.63) is 23.9 Å². The summed E-state index contributed by atoms with van der Waals surface area (Å²) >= 11 is 0. The number of hydrogen-bond acceptors (Lipinski definition) is 4. The van der Waals surface area contributed by atoms with E-state index in [4.69, 9.17) is 0 Å². The molecule has 1 aromatic heterocycles. The molecular weight excluding hydrogens is 323 g/mol. The Morgan fingerprint density at radius 3 is 2.42 bits per heavy atom. The normalized spacial score (nSPS) is 16.5. The minimum Gasteiger partial charge on any atom is -0.468 e. The van der Waals surface area contributed by atoms with E-state index in [2.05, 4.69) is 28.5 Å². The van der Waals surface area contributed by atoms with Crippen LogP contribution in [-0.4, -0.2) is 66.2 Å². The third-order valence-electron chi connectivity index (χ3n) is 3.65. The molecule has 1 aliphatic heterocycles. The highest BCUT2D eigenvalue weighted by Gasteiger charge is 2.28. The summed E-state index contributed by atoms with van der Waals surface area (Å²) in [7, 11) is 0. The number of hydrogen-bond donors (Lipinski definition) is 0. The first-order valence-electron chi connectivity index (χ1n) is 7.92. The van der Waals surface area contributed by atoms with Crippen molar-refractivity contribution in [3.8, 4) is 5.88 Å². The third-order valence-corrected chi connectivity index (χ3v) is 3.65. The zero-order valence-corrected chi connectivity index (χ0v) is 13.8. The lowest BCUT2D eigenvalue weighted by Crippen LogP contribution is -2.49. The number of pyridine rings is 1. The monoisotopic (exact) mass is 345 g/mol. The lowest BCUT2D eigenvalue weighted by atomic mass is 10.1. The molecule has 1 amide bonds. The fraction of sp³-hybridized carbons (Fsp3) is 0.625. The van der Waals surface area contributed by atoms with E-state index >= 15 is 0 Å². The minimum atomic E-state index is -4.41. The topological polar surface area (TPSA) is 45.7 Å². The van der Waals surface area contributed by atoms with Crippen molar-refractivity contribution in [2.24, 2.45) is 5.92 Å². The summed E-state index contributed by atoms with van der Waals surface area (Å²) in [5.74, 6) is 0.278. The number of ether oxygens (including phenoxy) is 1. The van der Waals surface area contributed by atoms with Gasteiger partial charge in [-0.3, -0.25) is 9.69 Å². The maximum atomic E-state index is 12.4. The van der Waals surface area contributed by atoms with Crippen LogP contribution in [0.3, 0.4) is 0 Å². The molecule has 134 valence electrons. The molecule has 0 unspecified atom stereocenters. The van der Waals surface area contributed by atoms with Gasteiger partial charge in [0.25, 0.3) is 5.91 Å². The second-order valence-electron chi connectivity index (χ2n) is 6.28.